The van der Waals surface area contributed by atoms with Crippen molar-refractivity contribution >= 4 is 23.1 Å². The van der Waals surface area contributed by atoms with Gasteiger partial charge in [0.25, 0.3) is 0 Å². The van der Waals surface area contributed by atoms with Gasteiger partial charge in [-0.25, -0.2) is 0 Å². The molecule has 62 valence electrons. The molecule has 0 amide bonds. The predicted molar refractivity (Wildman–Crippen MR) is 54.2 cm³/mol. The van der Waals surface area contributed by atoms with E-state index in [1.54, 1.807) is 11.3 Å². The number of rotatable bonds is 4. The second kappa shape index (κ2) is 4.80. The Hall–Kier alpha value is 0.01000. The molecule has 0 aliphatic carbocycles. The van der Waals surface area contributed by atoms with Gasteiger partial charge in [0.2, 0.25) is 0 Å². The van der Waals surface area contributed by atoms with E-state index in [-0.39, 0.29) is 0 Å². The van der Waals surface area contributed by atoms with Crippen LogP contribution in [-0.2, 0) is 0 Å². The lowest BCUT2D eigenvalue weighted by molar-refractivity contribution is 0.947. The van der Waals surface area contributed by atoms with Gasteiger partial charge in [-0.3, -0.25) is 0 Å². The van der Waals surface area contributed by atoms with E-state index in [9.17, 15) is 0 Å². The summed E-state index contributed by atoms with van der Waals surface area (Å²) in [5, 5.41) is 4.79. The van der Waals surface area contributed by atoms with E-state index in [2.05, 4.69) is 23.8 Å². The number of nitrogens with two attached hydrogens (primary N) is 1. The van der Waals surface area contributed by atoms with Crippen LogP contribution in [0.25, 0.3) is 0 Å². The average Bonchev–Trinajstić information content (AvgIpc) is 2.52. The van der Waals surface area contributed by atoms with Gasteiger partial charge in [-0.05, 0) is 28.1 Å². The third-order valence-corrected chi connectivity index (χ3v) is 3.40. The molecule has 0 aromatic carbocycles. The molecule has 1 aromatic heterocycles. The van der Waals surface area contributed by atoms with Gasteiger partial charge < -0.3 is 5.73 Å². The molecule has 0 radical (unpaired) electrons. The summed E-state index contributed by atoms with van der Waals surface area (Å²) in [6, 6.07) is 2.16. The van der Waals surface area contributed by atoms with Crippen molar-refractivity contribution in [3.8, 4) is 0 Å². The minimum Gasteiger partial charge on any atom is -0.329 e. The Labute approximate surface area is 76.0 Å². The van der Waals surface area contributed by atoms with Crippen LogP contribution in [0, 0.1) is 0 Å². The Morgan fingerprint density at radius 1 is 1.73 bits per heavy atom. The van der Waals surface area contributed by atoms with Gasteiger partial charge in [0.15, 0.2) is 0 Å². The van der Waals surface area contributed by atoms with Gasteiger partial charge >= 0.3 is 0 Å². The number of hydrogen-bond acceptors (Lipinski definition) is 3. The van der Waals surface area contributed by atoms with Crippen LogP contribution in [0.5, 0.6) is 0 Å². The van der Waals surface area contributed by atoms with Crippen LogP contribution < -0.4 is 5.73 Å². The monoisotopic (exact) mass is 187 g/mol. The molecule has 2 N–H and O–H groups in total. The molecule has 1 unspecified atom stereocenters. The van der Waals surface area contributed by atoms with Crippen LogP contribution in [0.3, 0.4) is 0 Å². The summed E-state index contributed by atoms with van der Waals surface area (Å²) < 4.78 is 0. The molecular formula is C8H13NS2. The lowest BCUT2D eigenvalue weighted by Crippen LogP contribution is -2.08. The largest absolute Gasteiger partial charge is 0.329 e. The molecule has 0 spiro atoms. The van der Waals surface area contributed by atoms with E-state index in [1.165, 1.54) is 5.56 Å². The Morgan fingerprint density at radius 2 is 2.55 bits per heavy atom. The van der Waals surface area contributed by atoms with E-state index in [1.807, 2.05) is 11.8 Å². The molecule has 0 saturated heterocycles. The minimum absolute atomic E-state index is 0.506. The number of thiophene rings is 1. The van der Waals surface area contributed by atoms with Crippen LogP contribution in [0.2, 0.25) is 0 Å². The fourth-order valence-electron chi connectivity index (χ4n) is 0.960. The van der Waals surface area contributed by atoms with Crippen molar-refractivity contribution in [2.45, 2.75) is 12.2 Å². The Bertz CT molecular complexity index is 184. The first-order valence-corrected chi connectivity index (χ1v) is 5.71. The zero-order chi connectivity index (χ0) is 8.10. The minimum atomic E-state index is 0.506. The third kappa shape index (κ3) is 2.51. The predicted octanol–water partition coefficient (Wildman–Crippen LogP) is 2.50. The maximum atomic E-state index is 5.63. The quantitative estimate of drug-likeness (QED) is 0.783. The molecular weight excluding hydrogens is 174 g/mol. The average molecular weight is 187 g/mol. The highest BCUT2D eigenvalue weighted by Gasteiger charge is 2.08. The molecule has 3 heteroatoms. The molecule has 0 fully saturated rings. The summed E-state index contributed by atoms with van der Waals surface area (Å²) >= 11 is 3.66. The van der Waals surface area contributed by atoms with E-state index in [4.69, 9.17) is 5.73 Å². The topological polar surface area (TPSA) is 26.0 Å². The van der Waals surface area contributed by atoms with E-state index in [0.29, 0.717) is 5.25 Å². The maximum absolute atomic E-state index is 5.63. The van der Waals surface area contributed by atoms with Crippen molar-refractivity contribution in [3.63, 3.8) is 0 Å². The van der Waals surface area contributed by atoms with Crippen LogP contribution >= 0.6 is 23.1 Å². The fraction of sp³-hybridized carbons (Fsp3) is 0.500. The highest BCUT2D eigenvalue weighted by Crippen LogP contribution is 2.28. The first-order chi connectivity index (χ1) is 5.38. The second-order valence-corrected chi connectivity index (χ2v) is 4.50. The summed E-state index contributed by atoms with van der Waals surface area (Å²) in [6.07, 6.45) is 0. The number of hydrogen-bond donors (Lipinski definition) is 1. The van der Waals surface area contributed by atoms with Gasteiger partial charge in [-0.1, -0.05) is 6.92 Å². The first-order valence-electron chi connectivity index (χ1n) is 3.72. The van der Waals surface area contributed by atoms with Crippen molar-refractivity contribution in [3.05, 3.63) is 22.4 Å². The molecule has 1 heterocycles. The summed E-state index contributed by atoms with van der Waals surface area (Å²) in [7, 11) is 0. The normalized spacial score (nSPS) is 13.3. The summed E-state index contributed by atoms with van der Waals surface area (Å²) in [5.41, 5.74) is 7.01. The summed E-state index contributed by atoms with van der Waals surface area (Å²) in [6.45, 7) is 2.91. The van der Waals surface area contributed by atoms with Gasteiger partial charge in [0.05, 0.1) is 0 Å². The first kappa shape index (κ1) is 9.10. The number of thioether (sulfide) groups is 1. The van der Waals surface area contributed by atoms with Crippen molar-refractivity contribution < 1.29 is 0 Å². The Kier molecular flexibility index (Phi) is 3.97. The molecule has 0 bridgehead atoms. The smallest absolute Gasteiger partial charge is 0.0427 e. The van der Waals surface area contributed by atoms with E-state index >= 15 is 0 Å². The molecule has 1 rings (SSSR count). The van der Waals surface area contributed by atoms with Crippen LogP contribution in [-0.4, -0.2) is 12.3 Å². The summed E-state index contributed by atoms with van der Waals surface area (Å²) in [5.74, 6) is 1.14. The van der Waals surface area contributed by atoms with Crippen molar-refractivity contribution in [2.24, 2.45) is 5.73 Å². The Balaban J connectivity index is 2.56. The van der Waals surface area contributed by atoms with Gasteiger partial charge in [0, 0.05) is 11.8 Å². The molecule has 1 atom stereocenters. The third-order valence-electron chi connectivity index (χ3n) is 1.50. The standard InChI is InChI=1S/C8H13NS2/c1-2-11-8(5-9)7-3-4-10-6-7/h3-4,6,8H,2,5,9H2,1H3. The molecule has 0 aliphatic heterocycles. The highest BCUT2D eigenvalue weighted by atomic mass is 32.2. The molecule has 1 aromatic rings. The molecule has 0 aliphatic rings. The van der Waals surface area contributed by atoms with E-state index < -0.39 is 0 Å². The maximum Gasteiger partial charge on any atom is 0.0427 e. The SMILES string of the molecule is CCSC(CN)c1ccsc1. The van der Waals surface area contributed by atoms with Crippen LogP contribution in [0.4, 0.5) is 0 Å². The summed E-state index contributed by atoms with van der Waals surface area (Å²) in [4.78, 5) is 0. The zero-order valence-corrected chi connectivity index (χ0v) is 8.25. The van der Waals surface area contributed by atoms with Gasteiger partial charge in [-0.15, -0.1) is 0 Å². The lowest BCUT2D eigenvalue weighted by atomic mass is 10.2. The molecule has 11 heavy (non-hydrogen) atoms. The highest BCUT2D eigenvalue weighted by molar-refractivity contribution is 7.99. The lowest BCUT2D eigenvalue weighted by Gasteiger charge is -2.10. The van der Waals surface area contributed by atoms with Crippen molar-refractivity contribution in [1.82, 2.24) is 0 Å². The van der Waals surface area contributed by atoms with Gasteiger partial charge in [-0.2, -0.15) is 23.1 Å². The van der Waals surface area contributed by atoms with Crippen molar-refractivity contribution in [1.29, 1.82) is 0 Å². The van der Waals surface area contributed by atoms with E-state index in [0.717, 1.165) is 12.3 Å². The second-order valence-electron chi connectivity index (χ2n) is 2.24. The Morgan fingerprint density at radius 3 is 3.00 bits per heavy atom. The van der Waals surface area contributed by atoms with Gasteiger partial charge in [0.1, 0.15) is 0 Å². The van der Waals surface area contributed by atoms with Crippen LogP contribution in [0.15, 0.2) is 16.8 Å². The molecule has 1 nitrogen and oxygen atoms in total. The molecule has 0 saturated carbocycles. The van der Waals surface area contributed by atoms with Crippen LogP contribution in [0.1, 0.15) is 17.7 Å². The fourth-order valence-corrected chi connectivity index (χ4v) is 2.64. The van der Waals surface area contributed by atoms with Crippen molar-refractivity contribution in [2.75, 3.05) is 12.3 Å². The zero-order valence-electron chi connectivity index (χ0n) is 6.62.